The van der Waals surface area contributed by atoms with E-state index in [1.54, 1.807) is 30.3 Å². The van der Waals surface area contributed by atoms with Crippen molar-refractivity contribution >= 4 is 16.2 Å². The molecule has 0 heterocycles. The van der Waals surface area contributed by atoms with Crippen molar-refractivity contribution < 1.29 is 12.6 Å². The van der Waals surface area contributed by atoms with E-state index >= 15 is 0 Å². The van der Waals surface area contributed by atoms with Crippen molar-refractivity contribution in [2.45, 2.75) is 6.92 Å². The Kier molecular flexibility index (Phi) is 4.02. The average molecular weight is 274 g/mol. The summed E-state index contributed by atoms with van der Waals surface area (Å²) in [7, 11) is -3.72. The quantitative estimate of drug-likeness (QED) is 0.803. The molecular weight excluding hydrogens is 260 g/mol. The van der Waals surface area contributed by atoms with Crippen LogP contribution >= 0.6 is 0 Å². The molecule has 0 aliphatic rings. The van der Waals surface area contributed by atoms with Crippen molar-refractivity contribution in [3.05, 3.63) is 71.1 Å². The minimum absolute atomic E-state index is 0.302. The molecule has 0 amide bonds. The fourth-order valence-electron chi connectivity index (χ4n) is 1.48. The highest BCUT2D eigenvalue weighted by Gasteiger charge is 2.07. The average Bonchev–Trinajstić information content (AvgIpc) is 2.39. The molecule has 0 N–H and O–H groups in total. The molecular formula is C15H14O3S. The summed E-state index contributed by atoms with van der Waals surface area (Å²) >= 11 is 0. The van der Waals surface area contributed by atoms with Gasteiger partial charge in [0.25, 0.3) is 0 Å². The molecule has 19 heavy (non-hydrogen) atoms. The number of benzene rings is 2. The Labute approximate surface area is 113 Å². The van der Waals surface area contributed by atoms with Crippen LogP contribution in [0.3, 0.4) is 0 Å². The molecule has 2 aromatic carbocycles. The maximum Gasteiger partial charge on any atom is 0.332 e. The Morgan fingerprint density at radius 1 is 0.947 bits per heavy atom. The minimum Gasteiger partial charge on any atom is -0.379 e. The highest BCUT2D eigenvalue weighted by molar-refractivity contribution is 7.90. The van der Waals surface area contributed by atoms with E-state index in [1.165, 1.54) is 6.08 Å². The lowest BCUT2D eigenvalue weighted by atomic mass is 10.2. The summed E-state index contributed by atoms with van der Waals surface area (Å²) in [5.74, 6) is 0.302. The van der Waals surface area contributed by atoms with Gasteiger partial charge in [-0.2, -0.15) is 8.42 Å². The first-order valence-corrected chi connectivity index (χ1v) is 7.27. The van der Waals surface area contributed by atoms with Crippen LogP contribution in [0.1, 0.15) is 11.1 Å². The lowest BCUT2D eigenvalue weighted by Gasteiger charge is -2.02. The SMILES string of the molecule is Cc1ccc(/C=C/S(=O)(=O)Oc2ccccc2)cc1. The molecule has 0 fully saturated rings. The van der Waals surface area contributed by atoms with E-state index in [2.05, 4.69) is 0 Å². The van der Waals surface area contributed by atoms with Gasteiger partial charge in [-0.1, -0.05) is 48.0 Å². The lowest BCUT2D eigenvalue weighted by Crippen LogP contribution is -2.04. The maximum absolute atomic E-state index is 11.7. The zero-order valence-corrected chi connectivity index (χ0v) is 11.3. The van der Waals surface area contributed by atoms with Gasteiger partial charge in [0.05, 0.1) is 5.41 Å². The first-order valence-electron chi connectivity index (χ1n) is 5.79. The van der Waals surface area contributed by atoms with Gasteiger partial charge in [-0.05, 0) is 30.7 Å². The van der Waals surface area contributed by atoms with Gasteiger partial charge in [-0.15, -0.1) is 0 Å². The summed E-state index contributed by atoms with van der Waals surface area (Å²) < 4.78 is 28.4. The summed E-state index contributed by atoms with van der Waals surface area (Å²) in [6.45, 7) is 1.97. The summed E-state index contributed by atoms with van der Waals surface area (Å²) in [5, 5.41) is 1.06. The first-order chi connectivity index (χ1) is 9.05. The van der Waals surface area contributed by atoms with Crippen molar-refractivity contribution in [3.63, 3.8) is 0 Å². The highest BCUT2D eigenvalue weighted by Crippen LogP contribution is 2.13. The summed E-state index contributed by atoms with van der Waals surface area (Å²) in [6.07, 6.45) is 1.51. The van der Waals surface area contributed by atoms with Crippen molar-refractivity contribution in [1.29, 1.82) is 0 Å². The Hall–Kier alpha value is -2.07. The summed E-state index contributed by atoms with van der Waals surface area (Å²) in [5.41, 5.74) is 1.94. The lowest BCUT2D eigenvalue weighted by molar-refractivity contribution is 0.497. The largest absolute Gasteiger partial charge is 0.379 e. The standard InChI is InChI=1S/C15H14O3S/c1-13-7-9-14(10-8-13)11-12-19(16,17)18-15-5-3-2-4-6-15/h2-12H,1H3/b12-11+. The van der Waals surface area contributed by atoms with Gasteiger partial charge < -0.3 is 4.18 Å². The smallest absolute Gasteiger partial charge is 0.332 e. The number of hydrogen-bond donors (Lipinski definition) is 0. The number of hydrogen-bond acceptors (Lipinski definition) is 3. The monoisotopic (exact) mass is 274 g/mol. The molecule has 0 saturated carbocycles. The summed E-state index contributed by atoms with van der Waals surface area (Å²) in [6, 6.07) is 16.0. The minimum atomic E-state index is -3.72. The molecule has 4 heteroatoms. The van der Waals surface area contributed by atoms with Crippen LogP contribution in [0.2, 0.25) is 0 Å². The molecule has 0 bridgehead atoms. The number of rotatable bonds is 4. The Morgan fingerprint density at radius 2 is 1.58 bits per heavy atom. The van der Waals surface area contributed by atoms with Crippen LogP contribution in [-0.4, -0.2) is 8.42 Å². The van der Waals surface area contributed by atoms with Crippen molar-refractivity contribution in [3.8, 4) is 5.75 Å². The second-order valence-electron chi connectivity index (χ2n) is 4.10. The summed E-state index contributed by atoms with van der Waals surface area (Å²) in [4.78, 5) is 0. The maximum atomic E-state index is 11.7. The zero-order valence-electron chi connectivity index (χ0n) is 10.5. The molecule has 2 aromatic rings. The second kappa shape index (κ2) is 5.71. The van der Waals surface area contributed by atoms with Crippen LogP contribution in [0.5, 0.6) is 5.75 Å². The van der Waals surface area contributed by atoms with E-state index in [9.17, 15) is 8.42 Å². The van der Waals surface area contributed by atoms with Crippen molar-refractivity contribution in [2.75, 3.05) is 0 Å². The molecule has 0 aromatic heterocycles. The first kappa shape index (κ1) is 13.4. The van der Waals surface area contributed by atoms with Gasteiger partial charge in [0.2, 0.25) is 0 Å². The third kappa shape index (κ3) is 4.26. The van der Waals surface area contributed by atoms with Crippen LogP contribution < -0.4 is 4.18 Å². The van der Waals surface area contributed by atoms with Crippen LogP contribution in [0.25, 0.3) is 6.08 Å². The number of aryl methyl sites for hydroxylation is 1. The molecule has 0 unspecified atom stereocenters. The van der Waals surface area contributed by atoms with Gasteiger partial charge in [0, 0.05) is 0 Å². The second-order valence-corrected chi connectivity index (χ2v) is 5.53. The zero-order chi connectivity index (χ0) is 13.7. The fraction of sp³-hybridized carbons (Fsp3) is 0.0667. The molecule has 0 radical (unpaired) electrons. The van der Waals surface area contributed by atoms with Crippen LogP contribution in [0, 0.1) is 6.92 Å². The molecule has 98 valence electrons. The van der Waals surface area contributed by atoms with Gasteiger partial charge in [0.1, 0.15) is 5.75 Å². The van der Waals surface area contributed by atoms with Gasteiger partial charge in [-0.3, -0.25) is 0 Å². The Bertz CT molecular complexity index is 656. The van der Waals surface area contributed by atoms with E-state index < -0.39 is 10.1 Å². The molecule has 0 spiro atoms. The normalized spacial score (nSPS) is 11.6. The van der Waals surface area contributed by atoms with Gasteiger partial charge in [-0.25, -0.2) is 0 Å². The van der Waals surface area contributed by atoms with Gasteiger partial charge >= 0.3 is 10.1 Å². The highest BCUT2D eigenvalue weighted by atomic mass is 32.2. The molecule has 0 atom stereocenters. The van der Waals surface area contributed by atoms with E-state index in [-0.39, 0.29) is 0 Å². The fourth-order valence-corrected chi connectivity index (χ4v) is 2.24. The molecule has 0 aliphatic heterocycles. The molecule has 3 nitrogen and oxygen atoms in total. The van der Waals surface area contributed by atoms with E-state index in [0.29, 0.717) is 5.75 Å². The molecule has 2 rings (SSSR count). The van der Waals surface area contributed by atoms with Crippen molar-refractivity contribution in [1.82, 2.24) is 0 Å². The predicted octanol–water partition coefficient (Wildman–Crippen LogP) is 3.37. The molecule has 0 saturated heterocycles. The van der Waals surface area contributed by atoms with Gasteiger partial charge in [0.15, 0.2) is 0 Å². The van der Waals surface area contributed by atoms with E-state index in [0.717, 1.165) is 16.5 Å². The van der Waals surface area contributed by atoms with Crippen LogP contribution in [0.15, 0.2) is 60.0 Å². The molecule has 0 aliphatic carbocycles. The third-order valence-corrected chi connectivity index (χ3v) is 3.35. The Balaban J connectivity index is 2.11. The van der Waals surface area contributed by atoms with E-state index in [4.69, 9.17) is 4.18 Å². The topological polar surface area (TPSA) is 43.4 Å². The predicted molar refractivity (Wildman–Crippen MR) is 76.2 cm³/mol. The third-order valence-electron chi connectivity index (χ3n) is 2.46. The number of para-hydroxylation sites is 1. The van der Waals surface area contributed by atoms with Crippen LogP contribution in [-0.2, 0) is 10.1 Å². The van der Waals surface area contributed by atoms with Crippen molar-refractivity contribution in [2.24, 2.45) is 0 Å². The Morgan fingerprint density at radius 3 is 2.21 bits per heavy atom. The van der Waals surface area contributed by atoms with E-state index in [1.807, 2.05) is 31.2 Å². The van der Waals surface area contributed by atoms with Crippen LogP contribution in [0.4, 0.5) is 0 Å².